The van der Waals surface area contributed by atoms with E-state index in [0.717, 1.165) is 6.42 Å². The molecule has 0 saturated heterocycles. The molecule has 0 aromatic heterocycles. The van der Waals surface area contributed by atoms with Crippen LogP contribution < -0.4 is 0 Å². The predicted molar refractivity (Wildman–Crippen MR) is 90.0 cm³/mol. The lowest BCUT2D eigenvalue weighted by atomic mass is 10.1. The van der Waals surface area contributed by atoms with Crippen LogP contribution in [0.1, 0.15) is 36.9 Å². The highest BCUT2D eigenvalue weighted by atomic mass is 16.5. The summed E-state index contributed by atoms with van der Waals surface area (Å²) in [5.41, 5.74) is 2.61. The van der Waals surface area contributed by atoms with Gasteiger partial charge in [0.1, 0.15) is 0 Å². The third kappa shape index (κ3) is 4.57. The van der Waals surface area contributed by atoms with E-state index < -0.39 is 0 Å². The maximum atomic E-state index is 11.4. The third-order valence-electron chi connectivity index (χ3n) is 4.13. The van der Waals surface area contributed by atoms with Gasteiger partial charge in [-0.2, -0.15) is 0 Å². The van der Waals surface area contributed by atoms with Crippen LogP contribution >= 0.6 is 0 Å². The Kier molecular flexibility index (Phi) is 6.64. The summed E-state index contributed by atoms with van der Waals surface area (Å²) in [6.07, 6.45) is 7.50. The quantitative estimate of drug-likeness (QED) is 0.420. The number of carbonyl (C=O) groups excluding carboxylic acids is 1. The minimum Gasteiger partial charge on any atom is -0.466 e. The van der Waals surface area contributed by atoms with E-state index in [-0.39, 0.29) is 18.1 Å². The molecule has 1 aliphatic rings. The van der Waals surface area contributed by atoms with E-state index >= 15 is 0 Å². The third-order valence-corrected chi connectivity index (χ3v) is 4.13. The second kappa shape index (κ2) is 8.71. The summed E-state index contributed by atoms with van der Waals surface area (Å²) >= 11 is 0. The number of hydrogen-bond donors (Lipinski definition) is 0. The van der Waals surface area contributed by atoms with Crippen LogP contribution in [0.2, 0.25) is 0 Å². The molecule has 0 heterocycles. The van der Waals surface area contributed by atoms with Gasteiger partial charge in [0.25, 0.3) is 0 Å². The van der Waals surface area contributed by atoms with Crippen LogP contribution in [-0.4, -0.2) is 43.8 Å². The molecule has 23 heavy (non-hydrogen) atoms. The van der Waals surface area contributed by atoms with Crippen molar-refractivity contribution >= 4 is 5.97 Å². The summed E-state index contributed by atoms with van der Waals surface area (Å²) in [6.45, 7) is 3.38. The minimum absolute atomic E-state index is 0.0768. The summed E-state index contributed by atoms with van der Waals surface area (Å²) in [5.74, 6) is 2.54. The molecule has 0 N–H and O–H groups in total. The largest absolute Gasteiger partial charge is 0.466 e. The van der Waals surface area contributed by atoms with Gasteiger partial charge in [-0.15, -0.1) is 6.42 Å². The van der Waals surface area contributed by atoms with Gasteiger partial charge in [0.05, 0.1) is 25.3 Å². The molecular weight excluding hydrogens is 290 g/mol. The molecule has 0 fully saturated rings. The van der Waals surface area contributed by atoms with Crippen molar-refractivity contribution < 1.29 is 14.3 Å². The molecule has 2 rings (SSSR count). The highest BCUT2D eigenvalue weighted by Crippen LogP contribution is 2.36. The molecule has 0 amide bonds. The van der Waals surface area contributed by atoms with E-state index in [1.54, 1.807) is 0 Å². The van der Waals surface area contributed by atoms with Crippen molar-refractivity contribution in [1.82, 2.24) is 4.90 Å². The van der Waals surface area contributed by atoms with Crippen LogP contribution in [0.3, 0.4) is 0 Å². The molecule has 0 radical (unpaired) electrons. The molecule has 0 unspecified atom stereocenters. The molecule has 0 aliphatic heterocycles. The van der Waals surface area contributed by atoms with Crippen LogP contribution in [-0.2, 0) is 20.7 Å². The van der Waals surface area contributed by atoms with Crippen LogP contribution in [0, 0.1) is 12.3 Å². The number of hydrogen-bond acceptors (Lipinski definition) is 4. The zero-order valence-corrected chi connectivity index (χ0v) is 14.0. The Morgan fingerprint density at radius 2 is 2.22 bits per heavy atom. The highest BCUT2D eigenvalue weighted by molar-refractivity contribution is 5.69. The van der Waals surface area contributed by atoms with E-state index in [0.29, 0.717) is 32.6 Å². The standard InChI is InChI=1S/C19H25NO3/c1-4-12-20(3)19-16-10-7-6-9-15(16)14-17(19)23-13-8-11-18(21)22-5-2/h1,6-7,9-10,17,19H,5,8,11-14H2,2-3H3/t17-,19+/m1/s1. The molecule has 1 aromatic carbocycles. The Bertz CT molecular complexity index is 564. The first-order chi connectivity index (χ1) is 11.2. The number of benzene rings is 1. The fraction of sp³-hybridized carbons (Fsp3) is 0.526. The number of ether oxygens (including phenoxy) is 2. The van der Waals surface area contributed by atoms with Crippen LogP contribution in [0.4, 0.5) is 0 Å². The first-order valence-electron chi connectivity index (χ1n) is 8.16. The van der Waals surface area contributed by atoms with E-state index in [2.05, 4.69) is 35.1 Å². The number of rotatable bonds is 8. The van der Waals surface area contributed by atoms with Gasteiger partial charge in [-0.05, 0) is 31.5 Å². The number of esters is 1. The number of likely N-dealkylation sites (N-methyl/N-ethyl adjacent to an activating group) is 1. The van der Waals surface area contributed by atoms with E-state index in [1.807, 2.05) is 14.0 Å². The number of nitrogens with zero attached hydrogens (tertiary/aromatic N) is 1. The van der Waals surface area contributed by atoms with Gasteiger partial charge in [-0.25, -0.2) is 0 Å². The Balaban J connectivity index is 1.93. The summed E-state index contributed by atoms with van der Waals surface area (Å²) < 4.78 is 11.0. The zero-order chi connectivity index (χ0) is 16.7. The van der Waals surface area contributed by atoms with Gasteiger partial charge in [0, 0.05) is 19.4 Å². The second-order valence-electron chi connectivity index (χ2n) is 5.78. The van der Waals surface area contributed by atoms with E-state index in [1.165, 1.54) is 11.1 Å². The Labute approximate surface area is 138 Å². The smallest absolute Gasteiger partial charge is 0.305 e. The average molecular weight is 315 g/mol. The van der Waals surface area contributed by atoms with Crippen molar-refractivity contribution in [3.8, 4) is 12.3 Å². The second-order valence-corrected chi connectivity index (χ2v) is 5.78. The van der Waals surface area contributed by atoms with Gasteiger partial charge in [0.15, 0.2) is 0 Å². The lowest BCUT2D eigenvalue weighted by Crippen LogP contribution is -2.33. The molecular formula is C19H25NO3. The average Bonchev–Trinajstić information content (AvgIpc) is 2.90. The van der Waals surface area contributed by atoms with Crippen LogP contribution in [0.25, 0.3) is 0 Å². The first-order valence-corrected chi connectivity index (χ1v) is 8.16. The molecule has 2 atom stereocenters. The number of fused-ring (bicyclic) bond motifs is 1. The lowest BCUT2D eigenvalue weighted by Gasteiger charge is -2.29. The molecule has 0 bridgehead atoms. The molecule has 1 aromatic rings. The number of carbonyl (C=O) groups is 1. The molecule has 0 spiro atoms. The Hall–Kier alpha value is -1.83. The SMILES string of the molecule is C#CCN(C)[C@H]1c2ccccc2C[C@H]1OCCCC(=O)OCC. The normalized spacial score (nSPS) is 19.4. The summed E-state index contributed by atoms with van der Waals surface area (Å²) in [4.78, 5) is 13.5. The zero-order valence-electron chi connectivity index (χ0n) is 14.0. The van der Waals surface area contributed by atoms with Crippen molar-refractivity contribution in [2.75, 3.05) is 26.8 Å². The van der Waals surface area contributed by atoms with Gasteiger partial charge >= 0.3 is 5.97 Å². The summed E-state index contributed by atoms with van der Waals surface area (Å²) in [5, 5.41) is 0. The molecule has 0 saturated carbocycles. The Morgan fingerprint density at radius 1 is 1.43 bits per heavy atom. The van der Waals surface area contributed by atoms with E-state index in [4.69, 9.17) is 15.9 Å². The predicted octanol–water partition coefficient (Wildman–Crippen LogP) is 2.58. The first kappa shape index (κ1) is 17.5. The van der Waals surface area contributed by atoms with Crippen molar-refractivity contribution in [2.24, 2.45) is 0 Å². The molecule has 1 aliphatic carbocycles. The van der Waals surface area contributed by atoms with Gasteiger partial charge in [0.2, 0.25) is 0 Å². The van der Waals surface area contributed by atoms with Gasteiger partial charge in [-0.1, -0.05) is 30.2 Å². The monoisotopic (exact) mass is 315 g/mol. The van der Waals surface area contributed by atoms with E-state index in [9.17, 15) is 4.79 Å². The maximum absolute atomic E-state index is 11.4. The maximum Gasteiger partial charge on any atom is 0.305 e. The molecule has 124 valence electrons. The van der Waals surface area contributed by atoms with Crippen molar-refractivity contribution in [1.29, 1.82) is 0 Å². The minimum atomic E-state index is -0.160. The summed E-state index contributed by atoms with van der Waals surface area (Å²) in [6, 6.07) is 8.58. The van der Waals surface area contributed by atoms with Crippen LogP contribution in [0.15, 0.2) is 24.3 Å². The molecule has 4 nitrogen and oxygen atoms in total. The highest BCUT2D eigenvalue weighted by Gasteiger charge is 2.35. The van der Waals surface area contributed by atoms with Crippen LogP contribution in [0.5, 0.6) is 0 Å². The van der Waals surface area contributed by atoms with Crippen molar-refractivity contribution in [3.63, 3.8) is 0 Å². The number of terminal acetylenes is 1. The van der Waals surface area contributed by atoms with Crippen molar-refractivity contribution in [3.05, 3.63) is 35.4 Å². The Morgan fingerprint density at radius 3 is 2.96 bits per heavy atom. The fourth-order valence-corrected chi connectivity index (χ4v) is 3.14. The summed E-state index contributed by atoms with van der Waals surface area (Å²) in [7, 11) is 2.03. The molecule has 4 heteroatoms. The van der Waals surface area contributed by atoms with Gasteiger partial charge in [-0.3, -0.25) is 9.69 Å². The van der Waals surface area contributed by atoms with Crippen molar-refractivity contribution in [2.45, 2.75) is 38.3 Å². The van der Waals surface area contributed by atoms with Gasteiger partial charge < -0.3 is 9.47 Å². The topological polar surface area (TPSA) is 38.8 Å². The fourth-order valence-electron chi connectivity index (χ4n) is 3.14. The lowest BCUT2D eigenvalue weighted by molar-refractivity contribution is -0.143.